The lowest BCUT2D eigenvalue weighted by Crippen LogP contribution is -2.11. The van der Waals surface area contributed by atoms with Crippen LogP contribution < -0.4 is 15.2 Å². The lowest BCUT2D eigenvalue weighted by molar-refractivity contribution is -0.121. The molecule has 1 aromatic rings. The van der Waals surface area contributed by atoms with Crippen molar-refractivity contribution < 1.29 is 28.5 Å². The first kappa shape index (κ1) is 24.0. The Morgan fingerprint density at radius 2 is 1.68 bits per heavy atom. The molecule has 166 valence electrons. The normalized spacial score (nSPS) is 14.0. The largest absolute Gasteiger partial charge is 0.493 e. The molecule has 2 rings (SSSR count). The van der Waals surface area contributed by atoms with Crippen LogP contribution in [0.15, 0.2) is 59.6 Å². The van der Waals surface area contributed by atoms with Crippen molar-refractivity contribution in [3.05, 3.63) is 65.2 Å². The Hall–Kier alpha value is -3.32. The van der Waals surface area contributed by atoms with Crippen molar-refractivity contribution in [3.63, 3.8) is 0 Å². The van der Waals surface area contributed by atoms with Crippen LogP contribution in [0.1, 0.15) is 24.8 Å². The molecule has 0 aliphatic heterocycles. The standard InChI is InChI=1S/C24H29NO6/c1-28-21-10-6-17(14-23(21)29-2)4-8-19(26)16-20(27)9-5-18-7-11-22(31-13-12-25)24(15-18)30-3/h4-6,8-10,14-15H,7,11-13,16,25H2,1-3H3/b8-4+,9-5+. The van der Waals surface area contributed by atoms with E-state index in [0.29, 0.717) is 43.3 Å². The fraction of sp³-hybridized carbons (Fsp3) is 0.333. The summed E-state index contributed by atoms with van der Waals surface area (Å²) in [5.74, 6) is 2.01. The number of rotatable bonds is 12. The number of carbonyl (C=O) groups excluding carboxylic acids is 2. The second-order valence-electron chi connectivity index (χ2n) is 6.74. The van der Waals surface area contributed by atoms with Crippen LogP contribution >= 0.6 is 0 Å². The summed E-state index contributed by atoms with van der Waals surface area (Å²) in [6.45, 7) is 0.860. The van der Waals surface area contributed by atoms with Crippen LogP contribution in [0.25, 0.3) is 6.08 Å². The van der Waals surface area contributed by atoms with E-state index in [4.69, 9.17) is 24.7 Å². The van der Waals surface area contributed by atoms with Gasteiger partial charge in [0.2, 0.25) is 0 Å². The van der Waals surface area contributed by atoms with Gasteiger partial charge in [-0.3, -0.25) is 9.59 Å². The van der Waals surface area contributed by atoms with Crippen molar-refractivity contribution in [2.45, 2.75) is 19.3 Å². The van der Waals surface area contributed by atoms with Crippen LogP contribution in [-0.4, -0.2) is 46.0 Å². The third-order valence-electron chi connectivity index (χ3n) is 4.55. The maximum Gasteiger partial charge on any atom is 0.163 e. The molecule has 0 atom stereocenters. The van der Waals surface area contributed by atoms with Gasteiger partial charge in [0.05, 0.1) is 27.8 Å². The number of ketones is 2. The molecule has 0 fully saturated rings. The van der Waals surface area contributed by atoms with Crippen molar-refractivity contribution in [2.24, 2.45) is 5.73 Å². The van der Waals surface area contributed by atoms with E-state index in [1.54, 1.807) is 51.7 Å². The minimum absolute atomic E-state index is 0.203. The number of benzene rings is 1. The third-order valence-corrected chi connectivity index (χ3v) is 4.55. The molecule has 0 aromatic heterocycles. The fourth-order valence-corrected chi connectivity index (χ4v) is 2.97. The molecule has 0 heterocycles. The van der Waals surface area contributed by atoms with E-state index in [-0.39, 0.29) is 18.0 Å². The molecule has 0 amide bonds. The van der Waals surface area contributed by atoms with Gasteiger partial charge in [-0.1, -0.05) is 18.2 Å². The van der Waals surface area contributed by atoms with Crippen LogP contribution in [0.2, 0.25) is 0 Å². The van der Waals surface area contributed by atoms with Crippen molar-refractivity contribution in [1.82, 2.24) is 0 Å². The van der Waals surface area contributed by atoms with Gasteiger partial charge in [0.1, 0.15) is 12.4 Å². The SMILES string of the molecule is COC1=C(OCCN)CCC(/C=C/C(=O)CC(=O)/C=C/c2ccc(OC)c(OC)c2)=C1. The Bertz CT molecular complexity index is 911. The summed E-state index contributed by atoms with van der Waals surface area (Å²) in [5, 5.41) is 0. The van der Waals surface area contributed by atoms with Crippen LogP contribution in [0, 0.1) is 0 Å². The second kappa shape index (κ2) is 12.4. The highest BCUT2D eigenvalue weighted by molar-refractivity contribution is 6.09. The Labute approximate surface area is 182 Å². The van der Waals surface area contributed by atoms with Crippen molar-refractivity contribution >= 4 is 17.6 Å². The molecular weight excluding hydrogens is 398 g/mol. The van der Waals surface area contributed by atoms with Gasteiger partial charge < -0.3 is 24.7 Å². The number of hydrogen-bond donors (Lipinski definition) is 1. The highest BCUT2D eigenvalue weighted by Gasteiger charge is 2.14. The van der Waals surface area contributed by atoms with Crippen molar-refractivity contribution in [2.75, 3.05) is 34.5 Å². The second-order valence-corrected chi connectivity index (χ2v) is 6.74. The predicted octanol–water partition coefficient (Wildman–Crippen LogP) is 3.36. The summed E-state index contributed by atoms with van der Waals surface area (Å²) in [5.41, 5.74) is 7.16. The maximum atomic E-state index is 12.2. The van der Waals surface area contributed by atoms with Gasteiger partial charge >= 0.3 is 0 Å². The van der Waals surface area contributed by atoms with Crippen molar-refractivity contribution in [1.29, 1.82) is 0 Å². The van der Waals surface area contributed by atoms with Crippen molar-refractivity contribution in [3.8, 4) is 11.5 Å². The summed E-state index contributed by atoms with van der Waals surface area (Å²) in [6.07, 6.45) is 9.18. The number of hydrogen-bond acceptors (Lipinski definition) is 7. The predicted molar refractivity (Wildman–Crippen MR) is 119 cm³/mol. The highest BCUT2D eigenvalue weighted by atomic mass is 16.5. The van der Waals surface area contributed by atoms with E-state index in [1.807, 2.05) is 6.08 Å². The van der Waals surface area contributed by atoms with Gasteiger partial charge in [0.15, 0.2) is 28.8 Å². The van der Waals surface area contributed by atoms with E-state index in [9.17, 15) is 9.59 Å². The molecule has 0 bridgehead atoms. The maximum absolute atomic E-state index is 12.2. The minimum Gasteiger partial charge on any atom is -0.493 e. The van der Waals surface area contributed by atoms with E-state index in [2.05, 4.69) is 0 Å². The molecule has 7 heteroatoms. The first-order valence-corrected chi connectivity index (χ1v) is 9.95. The van der Waals surface area contributed by atoms with Gasteiger partial charge in [-0.15, -0.1) is 0 Å². The monoisotopic (exact) mass is 427 g/mol. The highest BCUT2D eigenvalue weighted by Crippen LogP contribution is 2.28. The number of nitrogens with two attached hydrogens (primary N) is 1. The molecule has 7 nitrogen and oxygen atoms in total. The molecule has 0 spiro atoms. The number of ether oxygens (including phenoxy) is 4. The number of methoxy groups -OCH3 is 3. The van der Waals surface area contributed by atoms with Crippen LogP contribution in [0.3, 0.4) is 0 Å². The summed E-state index contributed by atoms with van der Waals surface area (Å²) in [7, 11) is 4.67. The van der Waals surface area contributed by atoms with Gasteiger partial charge in [0, 0.05) is 13.0 Å². The summed E-state index contributed by atoms with van der Waals surface area (Å²) >= 11 is 0. The first-order valence-electron chi connectivity index (χ1n) is 9.95. The molecule has 1 aromatic carbocycles. The zero-order valence-corrected chi connectivity index (χ0v) is 18.2. The van der Waals surface area contributed by atoms with E-state index >= 15 is 0 Å². The zero-order valence-electron chi connectivity index (χ0n) is 18.2. The molecule has 1 aliphatic carbocycles. The summed E-state index contributed by atoms with van der Waals surface area (Å²) in [6, 6.07) is 5.31. The number of allylic oxidation sites excluding steroid dienone is 6. The quantitative estimate of drug-likeness (QED) is 0.403. The number of carbonyl (C=O) groups is 2. The molecule has 0 radical (unpaired) electrons. The molecule has 2 N–H and O–H groups in total. The van der Waals surface area contributed by atoms with E-state index < -0.39 is 0 Å². The Morgan fingerprint density at radius 3 is 2.32 bits per heavy atom. The first-order chi connectivity index (χ1) is 15.0. The average molecular weight is 427 g/mol. The summed E-state index contributed by atoms with van der Waals surface area (Å²) < 4.78 is 21.4. The molecule has 31 heavy (non-hydrogen) atoms. The third kappa shape index (κ3) is 7.46. The molecule has 0 saturated carbocycles. The minimum atomic E-state index is -0.281. The average Bonchev–Trinajstić information content (AvgIpc) is 2.79. The fourth-order valence-electron chi connectivity index (χ4n) is 2.97. The summed E-state index contributed by atoms with van der Waals surface area (Å²) in [4.78, 5) is 24.3. The van der Waals surface area contributed by atoms with Gasteiger partial charge in [0.25, 0.3) is 0 Å². The molecule has 0 unspecified atom stereocenters. The zero-order chi connectivity index (χ0) is 22.6. The van der Waals surface area contributed by atoms with E-state index in [0.717, 1.165) is 16.9 Å². The molecule has 0 saturated heterocycles. The van der Waals surface area contributed by atoms with Gasteiger partial charge in [-0.25, -0.2) is 0 Å². The Balaban J connectivity index is 1.94. The van der Waals surface area contributed by atoms with Gasteiger partial charge in [-0.2, -0.15) is 0 Å². The Kier molecular flexibility index (Phi) is 9.58. The lowest BCUT2D eigenvalue weighted by atomic mass is 10.0. The molecular formula is C24H29NO6. The Morgan fingerprint density at radius 1 is 0.968 bits per heavy atom. The van der Waals surface area contributed by atoms with Crippen LogP contribution in [0.4, 0.5) is 0 Å². The lowest BCUT2D eigenvalue weighted by Gasteiger charge is -2.18. The topological polar surface area (TPSA) is 97.1 Å². The van der Waals surface area contributed by atoms with E-state index in [1.165, 1.54) is 12.2 Å². The van der Waals surface area contributed by atoms with Crippen LogP contribution in [0.5, 0.6) is 11.5 Å². The smallest absolute Gasteiger partial charge is 0.163 e. The van der Waals surface area contributed by atoms with Crippen LogP contribution in [-0.2, 0) is 19.1 Å². The molecule has 1 aliphatic rings. The van der Waals surface area contributed by atoms with Gasteiger partial charge in [-0.05, 0) is 47.9 Å².